The normalized spacial score (nSPS) is 28.1. The standard InChI is InChI=1S/C26H26O4S/c1-4-10-19(11-5-1)17-27-23-16-22-24(30-26(23)31-21-14-8-3-9-15-21)18-28-25(29-22)20-12-6-2-7-13-20/h1-15,22-26H,16-18H2/t22-,23+,24+,25?,26-/m0/s1. The summed E-state index contributed by atoms with van der Waals surface area (Å²) in [5.74, 6) is 0. The van der Waals surface area contributed by atoms with Crippen molar-refractivity contribution in [3.63, 3.8) is 0 Å². The van der Waals surface area contributed by atoms with E-state index in [0.717, 1.165) is 17.5 Å². The molecule has 0 aliphatic carbocycles. The molecule has 0 N–H and O–H groups in total. The molecule has 4 nitrogen and oxygen atoms in total. The van der Waals surface area contributed by atoms with Crippen LogP contribution in [0.2, 0.25) is 0 Å². The van der Waals surface area contributed by atoms with Crippen molar-refractivity contribution in [2.75, 3.05) is 6.61 Å². The Morgan fingerprint density at radius 1 is 0.774 bits per heavy atom. The smallest absolute Gasteiger partial charge is 0.184 e. The third kappa shape index (κ3) is 5.20. The van der Waals surface area contributed by atoms with E-state index in [0.29, 0.717) is 13.2 Å². The van der Waals surface area contributed by atoms with E-state index in [1.165, 1.54) is 4.90 Å². The largest absolute Gasteiger partial charge is 0.370 e. The van der Waals surface area contributed by atoms with Gasteiger partial charge in [-0.1, -0.05) is 90.6 Å². The van der Waals surface area contributed by atoms with E-state index >= 15 is 0 Å². The molecule has 160 valence electrons. The van der Waals surface area contributed by atoms with Crippen molar-refractivity contribution in [2.24, 2.45) is 0 Å². The topological polar surface area (TPSA) is 36.9 Å². The molecule has 0 radical (unpaired) electrons. The fraction of sp³-hybridized carbons (Fsp3) is 0.308. The zero-order valence-corrected chi connectivity index (χ0v) is 18.0. The summed E-state index contributed by atoms with van der Waals surface area (Å²) in [5, 5.41) is 0. The number of hydrogen-bond acceptors (Lipinski definition) is 5. The zero-order chi connectivity index (χ0) is 20.9. The molecular formula is C26H26O4S. The van der Waals surface area contributed by atoms with Gasteiger partial charge in [-0.2, -0.15) is 0 Å². The van der Waals surface area contributed by atoms with Crippen LogP contribution in [0.15, 0.2) is 95.9 Å². The second kappa shape index (κ2) is 9.98. The Morgan fingerprint density at radius 2 is 1.45 bits per heavy atom. The Labute approximate surface area is 187 Å². The minimum Gasteiger partial charge on any atom is -0.370 e. The van der Waals surface area contributed by atoms with Gasteiger partial charge in [0, 0.05) is 16.9 Å². The summed E-state index contributed by atoms with van der Waals surface area (Å²) in [7, 11) is 0. The van der Waals surface area contributed by atoms with Crippen molar-refractivity contribution in [1.82, 2.24) is 0 Å². The van der Waals surface area contributed by atoms with Gasteiger partial charge in [-0.3, -0.25) is 0 Å². The molecule has 5 rings (SSSR count). The summed E-state index contributed by atoms with van der Waals surface area (Å²) in [6.07, 6.45) is 0.166. The lowest BCUT2D eigenvalue weighted by Crippen LogP contribution is -2.52. The predicted octanol–water partition coefficient (Wildman–Crippen LogP) is 5.59. The van der Waals surface area contributed by atoms with Gasteiger partial charge < -0.3 is 18.9 Å². The molecule has 0 amide bonds. The highest BCUT2D eigenvalue weighted by atomic mass is 32.2. The molecule has 2 fully saturated rings. The van der Waals surface area contributed by atoms with Crippen LogP contribution in [-0.2, 0) is 25.6 Å². The van der Waals surface area contributed by atoms with Gasteiger partial charge >= 0.3 is 0 Å². The van der Waals surface area contributed by atoms with E-state index in [-0.39, 0.29) is 30.0 Å². The number of thioether (sulfide) groups is 1. The fourth-order valence-corrected chi connectivity index (χ4v) is 5.08. The van der Waals surface area contributed by atoms with Gasteiger partial charge in [0.25, 0.3) is 0 Å². The maximum atomic E-state index is 6.47. The van der Waals surface area contributed by atoms with Crippen molar-refractivity contribution in [1.29, 1.82) is 0 Å². The molecular weight excluding hydrogens is 408 g/mol. The molecule has 31 heavy (non-hydrogen) atoms. The molecule has 2 aliphatic rings. The second-order valence-electron chi connectivity index (χ2n) is 7.80. The van der Waals surface area contributed by atoms with E-state index in [9.17, 15) is 0 Å². The predicted molar refractivity (Wildman–Crippen MR) is 121 cm³/mol. The van der Waals surface area contributed by atoms with Crippen LogP contribution in [-0.4, -0.2) is 30.4 Å². The van der Waals surface area contributed by atoms with Crippen LogP contribution >= 0.6 is 11.8 Å². The molecule has 0 spiro atoms. The zero-order valence-electron chi connectivity index (χ0n) is 17.2. The molecule has 5 heteroatoms. The van der Waals surface area contributed by atoms with E-state index in [1.807, 2.05) is 66.7 Å². The number of ether oxygens (including phenoxy) is 4. The maximum absolute atomic E-state index is 6.47. The first-order valence-electron chi connectivity index (χ1n) is 10.7. The summed E-state index contributed by atoms with van der Waals surface area (Å²) in [6.45, 7) is 1.07. The monoisotopic (exact) mass is 434 g/mol. The molecule has 0 aromatic heterocycles. The Hall–Kier alpha value is -2.15. The number of benzene rings is 3. The lowest BCUT2D eigenvalue weighted by molar-refractivity contribution is -0.295. The van der Waals surface area contributed by atoms with Gasteiger partial charge in [-0.25, -0.2) is 0 Å². The van der Waals surface area contributed by atoms with E-state index < -0.39 is 0 Å². The highest BCUT2D eigenvalue weighted by molar-refractivity contribution is 7.99. The van der Waals surface area contributed by atoms with Gasteiger partial charge in [-0.05, 0) is 17.7 Å². The van der Waals surface area contributed by atoms with Crippen LogP contribution in [0.25, 0.3) is 0 Å². The number of fused-ring (bicyclic) bond motifs is 1. The molecule has 2 heterocycles. The van der Waals surface area contributed by atoms with Crippen molar-refractivity contribution in [3.8, 4) is 0 Å². The van der Waals surface area contributed by atoms with Crippen LogP contribution in [0.4, 0.5) is 0 Å². The van der Waals surface area contributed by atoms with Crippen LogP contribution in [0.3, 0.4) is 0 Å². The maximum Gasteiger partial charge on any atom is 0.184 e. The Balaban J connectivity index is 1.30. The van der Waals surface area contributed by atoms with Crippen molar-refractivity contribution >= 4 is 11.8 Å². The number of hydrogen-bond donors (Lipinski definition) is 0. The van der Waals surface area contributed by atoms with Gasteiger partial charge in [-0.15, -0.1) is 0 Å². The molecule has 2 aliphatic heterocycles. The van der Waals surface area contributed by atoms with Crippen molar-refractivity contribution in [2.45, 2.75) is 48.0 Å². The highest BCUT2D eigenvalue weighted by Crippen LogP contribution is 2.39. The van der Waals surface area contributed by atoms with Crippen LogP contribution in [0, 0.1) is 0 Å². The first-order chi connectivity index (χ1) is 15.3. The SMILES string of the molecule is c1ccc(CO[C@@H]2C[C@@H]3OC(c4ccccc4)OC[C@H]3O[C@H]2Sc2ccccc2)cc1. The lowest BCUT2D eigenvalue weighted by Gasteiger charge is -2.45. The average molecular weight is 435 g/mol. The Bertz CT molecular complexity index is 937. The molecule has 3 aromatic carbocycles. The minimum atomic E-state index is -0.362. The third-order valence-corrected chi connectivity index (χ3v) is 6.77. The van der Waals surface area contributed by atoms with Crippen LogP contribution < -0.4 is 0 Å². The lowest BCUT2D eigenvalue weighted by atomic mass is 10.0. The van der Waals surface area contributed by atoms with Crippen molar-refractivity contribution in [3.05, 3.63) is 102 Å². The molecule has 2 saturated heterocycles. The van der Waals surface area contributed by atoms with E-state index in [2.05, 4.69) is 24.3 Å². The number of rotatable bonds is 6. The second-order valence-corrected chi connectivity index (χ2v) is 8.97. The molecule has 1 unspecified atom stereocenters. The third-order valence-electron chi connectivity index (χ3n) is 5.58. The van der Waals surface area contributed by atoms with Crippen LogP contribution in [0.5, 0.6) is 0 Å². The van der Waals surface area contributed by atoms with Gasteiger partial charge in [0.05, 0.1) is 25.4 Å². The van der Waals surface area contributed by atoms with Gasteiger partial charge in [0.15, 0.2) is 6.29 Å². The van der Waals surface area contributed by atoms with Gasteiger partial charge in [0.1, 0.15) is 11.5 Å². The molecule has 0 bridgehead atoms. The molecule has 0 saturated carbocycles. The van der Waals surface area contributed by atoms with E-state index in [1.54, 1.807) is 11.8 Å². The Kier molecular flexibility index (Phi) is 6.68. The summed E-state index contributed by atoms with van der Waals surface area (Å²) < 4.78 is 25.2. The van der Waals surface area contributed by atoms with Crippen LogP contribution in [0.1, 0.15) is 23.8 Å². The molecule has 3 aromatic rings. The average Bonchev–Trinajstić information content (AvgIpc) is 2.84. The minimum absolute atomic E-state index is 0.0626. The van der Waals surface area contributed by atoms with Gasteiger partial charge in [0.2, 0.25) is 0 Å². The first-order valence-corrected chi connectivity index (χ1v) is 11.6. The quantitative estimate of drug-likeness (QED) is 0.505. The fourth-order valence-electron chi connectivity index (χ4n) is 3.96. The summed E-state index contributed by atoms with van der Waals surface area (Å²) in [5.41, 5.74) is 2.07. The summed E-state index contributed by atoms with van der Waals surface area (Å²) >= 11 is 1.70. The summed E-state index contributed by atoms with van der Waals surface area (Å²) in [4.78, 5) is 1.17. The molecule has 5 atom stereocenters. The highest BCUT2D eigenvalue weighted by Gasteiger charge is 2.44. The first kappa shape index (κ1) is 20.7. The summed E-state index contributed by atoms with van der Waals surface area (Å²) in [6, 6.07) is 30.7. The van der Waals surface area contributed by atoms with Crippen molar-refractivity contribution < 1.29 is 18.9 Å². The Morgan fingerprint density at radius 3 is 2.19 bits per heavy atom. The van der Waals surface area contributed by atoms with E-state index in [4.69, 9.17) is 18.9 Å².